The van der Waals surface area contributed by atoms with Gasteiger partial charge in [0.1, 0.15) is 0 Å². The van der Waals surface area contributed by atoms with Crippen LogP contribution in [0.15, 0.2) is 77.7 Å². The van der Waals surface area contributed by atoms with Crippen molar-refractivity contribution in [2.75, 3.05) is 13.2 Å². The van der Waals surface area contributed by atoms with Gasteiger partial charge in [-0.2, -0.15) is 0 Å². The zero-order valence-electron chi connectivity index (χ0n) is 16.3. The summed E-state index contributed by atoms with van der Waals surface area (Å²) in [5.41, 5.74) is 1.87. The summed E-state index contributed by atoms with van der Waals surface area (Å²) in [4.78, 5) is 0.246. The predicted octanol–water partition coefficient (Wildman–Crippen LogP) is 4.71. The lowest BCUT2D eigenvalue weighted by Gasteiger charge is -2.21. The summed E-state index contributed by atoms with van der Waals surface area (Å²) >= 11 is 2.16. The minimum atomic E-state index is -3.70. The van der Waals surface area contributed by atoms with Crippen LogP contribution in [-0.2, 0) is 16.4 Å². The zero-order valence-corrected chi connectivity index (χ0v) is 19.2. The Balaban J connectivity index is 1.68. The van der Waals surface area contributed by atoms with Crippen LogP contribution in [0.4, 0.5) is 0 Å². The van der Waals surface area contributed by atoms with Gasteiger partial charge in [-0.05, 0) is 76.5 Å². The van der Waals surface area contributed by atoms with E-state index in [1.807, 2.05) is 48.5 Å². The Morgan fingerprint density at radius 3 is 2.33 bits per heavy atom. The summed E-state index contributed by atoms with van der Waals surface area (Å²) in [7, 11) is -3.70. The molecule has 0 saturated heterocycles. The van der Waals surface area contributed by atoms with Crippen LogP contribution in [-0.4, -0.2) is 21.6 Å². The Labute approximate surface area is 190 Å². The monoisotopic (exact) mass is 535 g/mol. The first-order valence-corrected chi connectivity index (χ1v) is 12.3. The van der Waals surface area contributed by atoms with Crippen LogP contribution in [0.5, 0.6) is 11.5 Å². The summed E-state index contributed by atoms with van der Waals surface area (Å²) in [5.74, 6) is 1.34. The standard InChI is InChI=1S/C23H22INO4S/c24-19-8-10-20(11-9-19)30(26,27)25-21(15-17-5-2-1-3-6-17)18-7-12-22-23(16-18)29-14-4-13-28-22/h1-3,5-12,16,21,25H,4,13-15H2. The van der Waals surface area contributed by atoms with E-state index in [0.717, 1.165) is 21.1 Å². The third-order valence-corrected chi connectivity index (χ3v) is 7.08. The van der Waals surface area contributed by atoms with Crippen LogP contribution >= 0.6 is 22.6 Å². The summed E-state index contributed by atoms with van der Waals surface area (Å²) in [6.45, 7) is 1.19. The van der Waals surface area contributed by atoms with E-state index in [-0.39, 0.29) is 4.90 Å². The molecule has 0 radical (unpaired) electrons. The maximum Gasteiger partial charge on any atom is 0.241 e. The van der Waals surface area contributed by atoms with E-state index in [1.54, 1.807) is 24.3 Å². The van der Waals surface area contributed by atoms with Crippen molar-refractivity contribution in [1.82, 2.24) is 4.72 Å². The van der Waals surface area contributed by atoms with E-state index in [2.05, 4.69) is 27.3 Å². The molecule has 0 saturated carbocycles. The fraction of sp³-hybridized carbons (Fsp3) is 0.217. The lowest BCUT2D eigenvalue weighted by atomic mass is 9.99. The average molecular weight is 535 g/mol. The van der Waals surface area contributed by atoms with Crippen LogP contribution in [0.1, 0.15) is 23.6 Å². The van der Waals surface area contributed by atoms with Gasteiger partial charge < -0.3 is 9.47 Å². The van der Waals surface area contributed by atoms with Crippen LogP contribution < -0.4 is 14.2 Å². The summed E-state index contributed by atoms with van der Waals surface area (Å²) < 4.78 is 41.6. The number of ether oxygens (including phenoxy) is 2. The molecule has 156 valence electrons. The Hall–Kier alpha value is -2.10. The molecular weight excluding hydrogens is 513 g/mol. The van der Waals surface area contributed by atoms with Gasteiger partial charge in [-0.1, -0.05) is 36.4 Å². The number of fused-ring (bicyclic) bond motifs is 1. The highest BCUT2D eigenvalue weighted by atomic mass is 127. The molecular formula is C23H22INO4S. The zero-order chi connectivity index (χ0) is 21.0. The average Bonchev–Trinajstić information content (AvgIpc) is 2.99. The minimum Gasteiger partial charge on any atom is -0.490 e. The number of hydrogen-bond donors (Lipinski definition) is 1. The number of nitrogens with one attached hydrogen (secondary N) is 1. The van der Waals surface area contributed by atoms with Crippen molar-refractivity contribution in [2.24, 2.45) is 0 Å². The normalized spacial score (nSPS) is 14.7. The van der Waals surface area contributed by atoms with Crippen molar-refractivity contribution in [3.05, 3.63) is 87.5 Å². The molecule has 0 spiro atoms. The fourth-order valence-electron chi connectivity index (χ4n) is 3.34. The van der Waals surface area contributed by atoms with Crippen molar-refractivity contribution in [3.63, 3.8) is 0 Å². The Morgan fingerprint density at radius 1 is 0.900 bits per heavy atom. The minimum absolute atomic E-state index is 0.246. The lowest BCUT2D eigenvalue weighted by molar-refractivity contribution is 0.297. The maximum atomic E-state index is 13.1. The number of hydrogen-bond acceptors (Lipinski definition) is 4. The Bertz CT molecular complexity index is 1100. The van der Waals surface area contributed by atoms with Crippen LogP contribution in [0.25, 0.3) is 0 Å². The van der Waals surface area contributed by atoms with E-state index in [4.69, 9.17) is 9.47 Å². The molecule has 1 unspecified atom stereocenters. The molecule has 1 atom stereocenters. The predicted molar refractivity (Wildman–Crippen MR) is 124 cm³/mol. The first-order valence-electron chi connectivity index (χ1n) is 9.73. The fourth-order valence-corrected chi connectivity index (χ4v) is 4.93. The first-order chi connectivity index (χ1) is 14.5. The molecule has 0 aliphatic carbocycles. The molecule has 1 aliphatic rings. The van der Waals surface area contributed by atoms with E-state index < -0.39 is 16.1 Å². The summed E-state index contributed by atoms with van der Waals surface area (Å²) in [6.07, 6.45) is 1.33. The van der Waals surface area contributed by atoms with Gasteiger partial charge in [-0.3, -0.25) is 0 Å². The Morgan fingerprint density at radius 2 is 1.60 bits per heavy atom. The second-order valence-electron chi connectivity index (χ2n) is 7.07. The molecule has 7 heteroatoms. The van der Waals surface area contributed by atoms with Crippen LogP contribution in [0.3, 0.4) is 0 Å². The smallest absolute Gasteiger partial charge is 0.241 e. The number of halogens is 1. The SMILES string of the molecule is O=S(=O)(NC(Cc1ccccc1)c1ccc2c(c1)OCCCO2)c1ccc(I)cc1. The molecule has 0 amide bonds. The van der Waals surface area contributed by atoms with Crippen molar-refractivity contribution in [2.45, 2.75) is 23.8 Å². The molecule has 1 heterocycles. The maximum absolute atomic E-state index is 13.1. The van der Waals surface area contributed by atoms with Gasteiger partial charge in [0.05, 0.1) is 24.2 Å². The quantitative estimate of drug-likeness (QED) is 0.465. The molecule has 1 N–H and O–H groups in total. The topological polar surface area (TPSA) is 64.6 Å². The van der Waals surface area contributed by atoms with Gasteiger partial charge in [-0.25, -0.2) is 13.1 Å². The van der Waals surface area contributed by atoms with Crippen molar-refractivity contribution in [1.29, 1.82) is 0 Å². The number of rotatable bonds is 6. The molecule has 0 aromatic heterocycles. The van der Waals surface area contributed by atoms with Gasteiger partial charge in [0.25, 0.3) is 0 Å². The van der Waals surface area contributed by atoms with Crippen LogP contribution in [0, 0.1) is 3.57 Å². The van der Waals surface area contributed by atoms with E-state index in [1.165, 1.54) is 0 Å². The van der Waals surface area contributed by atoms with E-state index in [0.29, 0.717) is 31.1 Å². The van der Waals surface area contributed by atoms with Crippen molar-refractivity contribution in [3.8, 4) is 11.5 Å². The highest BCUT2D eigenvalue weighted by molar-refractivity contribution is 14.1. The number of benzene rings is 3. The molecule has 4 rings (SSSR count). The van der Waals surface area contributed by atoms with Crippen LogP contribution in [0.2, 0.25) is 0 Å². The van der Waals surface area contributed by atoms with Gasteiger partial charge >= 0.3 is 0 Å². The summed E-state index contributed by atoms with van der Waals surface area (Å²) in [5, 5.41) is 0. The van der Waals surface area contributed by atoms with Gasteiger partial charge in [0.15, 0.2) is 11.5 Å². The largest absolute Gasteiger partial charge is 0.490 e. The molecule has 1 aliphatic heterocycles. The molecule has 5 nitrogen and oxygen atoms in total. The second-order valence-corrected chi connectivity index (χ2v) is 10.0. The molecule has 3 aromatic carbocycles. The number of sulfonamides is 1. The van der Waals surface area contributed by atoms with Gasteiger partial charge in [-0.15, -0.1) is 0 Å². The van der Waals surface area contributed by atoms with Gasteiger partial charge in [0.2, 0.25) is 10.0 Å². The molecule has 30 heavy (non-hydrogen) atoms. The first kappa shape index (κ1) is 21.1. The third kappa shape index (κ3) is 5.14. The highest BCUT2D eigenvalue weighted by Crippen LogP contribution is 2.33. The lowest BCUT2D eigenvalue weighted by Crippen LogP contribution is -2.30. The molecule has 3 aromatic rings. The van der Waals surface area contributed by atoms with E-state index >= 15 is 0 Å². The van der Waals surface area contributed by atoms with E-state index in [9.17, 15) is 8.42 Å². The highest BCUT2D eigenvalue weighted by Gasteiger charge is 2.23. The Kier molecular flexibility index (Phi) is 6.60. The molecule has 0 bridgehead atoms. The third-order valence-electron chi connectivity index (χ3n) is 4.88. The second kappa shape index (κ2) is 9.36. The summed E-state index contributed by atoms with van der Waals surface area (Å²) in [6, 6.07) is 21.8. The van der Waals surface area contributed by atoms with Crippen molar-refractivity contribution >= 4 is 32.6 Å². The van der Waals surface area contributed by atoms with Gasteiger partial charge in [0, 0.05) is 9.99 Å². The molecule has 0 fully saturated rings. The van der Waals surface area contributed by atoms with Crippen molar-refractivity contribution < 1.29 is 17.9 Å².